The van der Waals surface area contributed by atoms with Crippen LogP contribution in [0.2, 0.25) is 5.02 Å². The van der Waals surface area contributed by atoms with Crippen molar-refractivity contribution in [2.75, 3.05) is 12.8 Å². The van der Waals surface area contributed by atoms with Crippen LogP contribution >= 0.6 is 23.4 Å². The molecule has 2 rings (SSSR count). The van der Waals surface area contributed by atoms with E-state index in [0.29, 0.717) is 6.17 Å². The summed E-state index contributed by atoms with van der Waals surface area (Å²) in [4.78, 5) is 5.72. The molecule has 18 heavy (non-hydrogen) atoms. The van der Waals surface area contributed by atoms with Gasteiger partial charge in [-0.1, -0.05) is 24.6 Å². The van der Waals surface area contributed by atoms with Crippen molar-refractivity contribution >= 4 is 23.4 Å². The number of hydrogen-bond donors (Lipinski definition) is 0. The lowest BCUT2D eigenvalue weighted by atomic mass is 10.2. The van der Waals surface area contributed by atoms with Crippen LogP contribution in [0.5, 0.6) is 0 Å². The van der Waals surface area contributed by atoms with Crippen LogP contribution in [0, 0.1) is 0 Å². The van der Waals surface area contributed by atoms with Gasteiger partial charge in [-0.25, -0.2) is 0 Å². The minimum atomic E-state index is 0.394. The van der Waals surface area contributed by atoms with Crippen LogP contribution in [0.25, 0.3) is 0 Å². The molecule has 1 aliphatic heterocycles. The van der Waals surface area contributed by atoms with Gasteiger partial charge >= 0.3 is 0 Å². The van der Waals surface area contributed by atoms with Crippen LogP contribution in [0.15, 0.2) is 35.5 Å². The topological polar surface area (TPSA) is 6.48 Å². The highest BCUT2D eigenvalue weighted by atomic mass is 35.5. The molecule has 2 nitrogen and oxygen atoms in total. The van der Waals surface area contributed by atoms with E-state index in [-0.39, 0.29) is 0 Å². The molecule has 0 spiro atoms. The zero-order valence-corrected chi connectivity index (χ0v) is 12.6. The van der Waals surface area contributed by atoms with Crippen molar-refractivity contribution in [1.82, 2.24) is 9.80 Å². The van der Waals surface area contributed by atoms with E-state index >= 15 is 0 Å². The molecule has 0 saturated carbocycles. The smallest absolute Gasteiger partial charge is 0.0978 e. The average molecular weight is 283 g/mol. The molecular formula is C14H19ClN2S. The fraction of sp³-hybridized carbons (Fsp3) is 0.429. The SMILES string of the molecule is CCSc1ccc(CN2C=CN(C)C2C)c(Cl)c1. The van der Waals surface area contributed by atoms with Crippen LogP contribution in [0.1, 0.15) is 19.4 Å². The number of rotatable bonds is 4. The van der Waals surface area contributed by atoms with Gasteiger partial charge in [-0.05, 0) is 30.4 Å². The molecule has 0 aliphatic carbocycles. The lowest BCUT2D eigenvalue weighted by Crippen LogP contribution is -2.33. The van der Waals surface area contributed by atoms with E-state index in [2.05, 4.69) is 61.3 Å². The Morgan fingerprint density at radius 2 is 2.11 bits per heavy atom. The second-order valence-corrected chi connectivity index (χ2v) is 6.20. The second kappa shape index (κ2) is 5.89. The Labute approximate surface area is 119 Å². The maximum atomic E-state index is 6.35. The fourth-order valence-corrected chi connectivity index (χ4v) is 2.97. The predicted molar refractivity (Wildman–Crippen MR) is 79.8 cm³/mol. The summed E-state index contributed by atoms with van der Waals surface area (Å²) in [5, 5.41) is 0.864. The summed E-state index contributed by atoms with van der Waals surface area (Å²) in [5.74, 6) is 1.08. The van der Waals surface area contributed by atoms with Gasteiger partial charge in [0.05, 0.1) is 6.17 Å². The molecule has 1 aromatic carbocycles. The molecule has 0 fully saturated rings. The molecule has 0 bridgehead atoms. The monoisotopic (exact) mass is 282 g/mol. The van der Waals surface area contributed by atoms with Gasteiger partial charge in [-0.2, -0.15) is 0 Å². The van der Waals surface area contributed by atoms with Crippen molar-refractivity contribution in [3.05, 3.63) is 41.2 Å². The van der Waals surface area contributed by atoms with Crippen molar-refractivity contribution in [2.24, 2.45) is 0 Å². The summed E-state index contributed by atoms with van der Waals surface area (Å²) in [6.45, 7) is 5.20. The number of halogens is 1. The third-order valence-electron chi connectivity index (χ3n) is 3.25. The van der Waals surface area contributed by atoms with Gasteiger partial charge in [-0.15, -0.1) is 11.8 Å². The zero-order chi connectivity index (χ0) is 13.1. The molecule has 1 aliphatic rings. The summed E-state index contributed by atoms with van der Waals surface area (Å²) in [5.41, 5.74) is 1.18. The van der Waals surface area contributed by atoms with Gasteiger partial charge in [0.15, 0.2) is 0 Å². The van der Waals surface area contributed by atoms with E-state index in [1.807, 2.05) is 11.8 Å². The van der Waals surface area contributed by atoms with E-state index in [0.717, 1.165) is 17.3 Å². The van der Waals surface area contributed by atoms with Crippen molar-refractivity contribution in [2.45, 2.75) is 31.5 Å². The van der Waals surface area contributed by atoms with Crippen LogP contribution in [0.4, 0.5) is 0 Å². The summed E-state index contributed by atoms with van der Waals surface area (Å²) in [7, 11) is 2.09. The molecular weight excluding hydrogens is 264 g/mol. The zero-order valence-electron chi connectivity index (χ0n) is 11.1. The first kappa shape index (κ1) is 13.6. The first-order valence-electron chi connectivity index (χ1n) is 6.19. The minimum Gasteiger partial charge on any atom is -0.359 e. The van der Waals surface area contributed by atoms with Crippen LogP contribution in [-0.4, -0.2) is 28.8 Å². The van der Waals surface area contributed by atoms with Gasteiger partial charge in [0.25, 0.3) is 0 Å². The van der Waals surface area contributed by atoms with Gasteiger partial charge in [0, 0.05) is 35.9 Å². The summed E-state index contributed by atoms with van der Waals surface area (Å²) < 4.78 is 0. The quantitative estimate of drug-likeness (QED) is 0.770. The van der Waals surface area contributed by atoms with E-state index < -0.39 is 0 Å². The maximum Gasteiger partial charge on any atom is 0.0978 e. The third kappa shape index (κ3) is 2.96. The highest BCUT2D eigenvalue weighted by Gasteiger charge is 2.19. The standard InChI is InChI=1S/C14H19ClN2S/c1-4-18-13-6-5-12(14(15)9-13)10-17-8-7-16(3)11(17)2/h5-9,11H,4,10H2,1-3H3. The molecule has 1 aromatic rings. The lowest BCUT2D eigenvalue weighted by Gasteiger charge is -2.27. The van der Waals surface area contributed by atoms with E-state index in [1.54, 1.807) is 0 Å². The molecule has 1 heterocycles. The Kier molecular flexibility index (Phi) is 4.46. The summed E-state index contributed by atoms with van der Waals surface area (Å²) >= 11 is 8.17. The maximum absolute atomic E-state index is 6.35. The lowest BCUT2D eigenvalue weighted by molar-refractivity contribution is 0.189. The van der Waals surface area contributed by atoms with E-state index in [4.69, 9.17) is 11.6 Å². The number of nitrogens with zero attached hydrogens (tertiary/aromatic N) is 2. The average Bonchev–Trinajstić information content (AvgIpc) is 2.65. The van der Waals surface area contributed by atoms with E-state index in [1.165, 1.54) is 10.5 Å². The van der Waals surface area contributed by atoms with Crippen LogP contribution in [0.3, 0.4) is 0 Å². The molecule has 1 atom stereocenters. The van der Waals surface area contributed by atoms with Crippen LogP contribution < -0.4 is 0 Å². The molecule has 0 saturated heterocycles. The van der Waals surface area contributed by atoms with Crippen molar-refractivity contribution < 1.29 is 0 Å². The molecule has 0 radical (unpaired) electrons. The molecule has 4 heteroatoms. The second-order valence-electron chi connectivity index (χ2n) is 4.45. The summed E-state index contributed by atoms with van der Waals surface area (Å²) in [6.07, 6.45) is 4.61. The molecule has 0 aromatic heterocycles. The minimum absolute atomic E-state index is 0.394. The Hall–Kier alpha value is -0.800. The van der Waals surface area contributed by atoms with Crippen molar-refractivity contribution in [3.8, 4) is 0 Å². The molecule has 1 unspecified atom stereocenters. The van der Waals surface area contributed by atoms with Gasteiger partial charge in [0.2, 0.25) is 0 Å². The van der Waals surface area contributed by atoms with Gasteiger partial charge in [-0.3, -0.25) is 0 Å². The first-order valence-corrected chi connectivity index (χ1v) is 7.55. The van der Waals surface area contributed by atoms with E-state index in [9.17, 15) is 0 Å². The van der Waals surface area contributed by atoms with Crippen LogP contribution in [-0.2, 0) is 6.54 Å². The fourth-order valence-electron chi connectivity index (χ4n) is 1.97. The van der Waals surface area contributed by atoms with Crippen molar-refractivity contribution in [3.63, 3.8) is 0 Å². The largest absolute Gasteiger partial charge is 0.359 e. The Bertz CT molecular complexity index is 447. The number of thioether (sulfide) groups is 1. The Morgan fingerprint density at radius 1 is 1.33 bits per heavy atom. The van der Waals surface area contributed by atoms with Gasteiger partial charge < -0.3 is 9.80 Å². The molecule has 98 valence electrons. The summed E-state index contributed by atoms with van der Waals surface area (Å²) in [6, 6.07) is 6.36. The predicted octanol–water partition coefficient (Wildman–Crippen LogP) is 4.02. The number of benzene rings is 1. The molecule has 0 amide bonds. The van der Waals surface area contributed by atoms with Crippen molar-refractivity contribution in [1.29, 1.82) is 0 Å². The first-order chi connectivity index (χ1) is 8.61. The Morgan fingerprint density at radius 3 is 2.67 bits per heavy atom. The highest BCUT2D eigenvalue weighted by molar-refractivity contribution is 7.99. The molecule has 0 N–H and O–H groups in total. The third-order valence-corrected chi connectivity index (χ3v) is 4.48. The normalized spacial score (nSPS) is 18.8. The number of hydrogen-bond acceptors (Lipinski definition) is 3. The Balaban J connectivity index is 2.08. The van der Waals surface area contributed by atoms with Gasteiger partial charge in [0.1, 0.15) is 0 Å². The highest BCUT2D eigenvalue weighted by Crippen LogP contribution is 2.27.